The van der Waals surface area contributed by atoms with Crippen molar-refractivity contribution in [3.05, 3.63) is 38.6 Å². The van der Waals surface area contributed by atoms with Crippen LogP contribution in [0.2, 0.25) is 0 Å². The topological polar surface area (TPSA) is 92.8 Å². The van der Waals surface area contributed by atoms with Crippen LogP contribution in [0.1, 0.15) is 23.5 Å². The largest absolute Gasteiger partial charge is 0.376 e. The van der Waals surface area contributed by atoms with Crippen LogP contribution >= 0.6 is 45.8 Å². The van der Waals surface area contributed by atoms with E-state index in [0.29, 0.717) is 17.0 Å². The average molecular weight is 478 g/mol. The monoisotopic (exact) mass is 477 g/mol. The first kappa shape index (κ1) is 20.1. The Bertz CT molecular complexity index is 1220. The number of aromatic nitrogens is 4. The number of rotatable bonds is 7. The minimum absolute atomic E-state index is 0.0888. The van der Waals surface area contributed by atoms with Crippen LogP contribution in [0, 0.1) is 6.92 Å². The van der Waals surface area contributed by atoms with Gasteiger partial charge in [-0.2, -0.15) is 0 Å². The molecule has 1 aliphatic rings. The van der Waals surface area contributed by atoms with Gasteiger partial charge in [-0.3, -0.25) is 4.79 Å². The fourth-order valence-corrected chi connectivity index (χ4v) is 6.85. The van der Waals surface area contributed by atoms with E-state index in [0.717, 1.165) is 50.7 Å². The molecule has 5 rings (SSSR count). The van der Waals surface area contributed by atoms with E-state index in [-0.39, 0.29) is 11.7 Å². The summed E-state index contributed by atoms with van der Waals surface area (Å²) >= 11 is 6.23. The van der Waals surface area contributed by atoms with Gasteiger partial charge in [0.05, 0.1) is 17.2 Å². The van der Waals surface area contributed by atoms with Crippen LogP contribution in [0.3, 0.4) is 0 Å². The van der Waals surface area contributed by atoms with Gasteiger partial charge in [-0.1, -0.05) is 23.1 Å². The third-order valence-electron chi connectivity index (χ3n) is 4.74. The van der Waals surface area contributed by atoms with Crippen LogP contribution in [0.25, 0.3) is 20.7 Å². The van der Waals surface area contributed by atoms with E-state index in [4.69, 9.17) is 4.74 Å². The molecule has 1 saturated heterocycles. The predicted octanol–water partition coefficient (Wildman–Crippen LogP) is 4.76. The smallest absolute Gasteiger partial charge is 0.260 e. The van der Waals surface area contributed by atoms with Gasteiger partial charge in [0.1, 0.15) is 10.7 Å². The van der Waals surface area contributed by atoms with Crippen LogP contribution in [-0.4, -0.2) is 39.4 Å². The third-order valence-corrected chi connectivity index (χ3v) is 8.67. The van der Waals surface area contributed by atoms with Gasteiger partial charge in [-0.25, -0.2) is 4.98 Å². The zero-order valence-corrected chi connectivity index (χ0v) is 19.4. The second-order valence-electron chi connectivity index (χ2n) is 6.93. The van der Waals surface area contributed by atoms with E-state index in [9.17, 15) is 4.79 Å². The van der Waals surface area contributed by atoms with E-state index >= 15 is 0 Å². The maximum absolute atomic E-state index is 12.7. The second-order valence-corrected chi connectivity index (χ2v) is 11.3. The highest BCUT2D eigenvalue weighted by molar-refractivity contribution is 8.00. The first-order valence-electron chi connectivity index (χ1n) is 9.55. The highest BCUT2D eigenvalue weighted by atomic mass is 32.2. The molecule has 0 saturated carbocycles. The molecule has 0 aromatic carbocycles. The number of ether oxygens (including phenoxy) is 1. The van der Waals surface area contributed by atoms with Gasteiger partial charge < -0.3 is 15.0 Å². The molecule has 0 radical (unpaired) electrons. The number of aromatic amines is 1. The van der Waals surface area contributed by atoms with Crippen molar-refractivity contribution < 1.29 is 4.74 Å². The number of nitrogens with one attached hydrogen (secondary N) is 2. The molecule has 11 heteroatoms. The number of thioether (sulfide) groups is 1. The molecule has 2 N–H and O–H groups in total. The Kier molecular flexibility index (Phi) is 5.87. The lowest BCUT2D eigenvalue weighted by molar-refractivity contribution is 0.120. The Morgan fingerprint density at radius 1 is 1.33 bits per heavy atom. The van der Waals surface area contributed by atoms with Gasteiger partial charge in [0.15, 0.2) is 4.34 Å². The maximum Gasteiger partial charge on any atom is 0.260 e. The minimum Gasteiger partial charge on any atom is -0.376 e. The number of H-pyrrole nitrogens is 1. The molecular formula is C19H19N5O2S4. The summed E-state index contributed by atoms with van der Waals surface area (Å²) in [5.41, 5.74) is 0.876. The lowest BCUT2D eigenvalue weighted by Gasteiger charge is -2.08. The summed E-state index contributed by atoms with van der Waals surface area (Å²) in [7, 11) is 0. The number of thiophene rings is 2. The van der Waals surface area contributed by atoms with Gasteiger partial charge in [0.25, 0.3) is 5.56 Å². The number of anilines is 1. The van der Waals surface area contributed by atoms with Gasteiger partial charge in [0.2, 0.25) is 5.13 Å². The van der Waals surface area contributed by atoms with Crippen LogP contribution < -0.4 is 10.9 Å². The van der Waals surface area contributed by atoms with E-state index < -0.39 is 0 Å². The van der Waals surface area contributed by atoms with Crippen LogP contribution in [-0.2, 0) is 10.5 Å². The fraction of sp³-hybridized carbons (Fsp3) is 0.368. The summed E-state index contributed by atoms with van der Waals surface area (Å²) in [5.74, 6) is 1.19. The summed E-state index contributed by atoms with van der Waals surface area (Å²) in [6.45, 7) is 3.67. The SMILES string of the molecule is Cc1ccc(-c2csc3nc(CSc4nnc(NC[C@H]5CCCO5)s4)[nH]c(=O)c23)s1. The molecule has 7 nitrogen and oxygen atoms in total. The molecule has 1 aliphatic heterocycles. The zero-order valence-electron chi connectivity index (χ0n) is 16.1. The number of hydrogen-bond acceptors (Lipinski definition) is 10. The van der Waals surface area contributed by atoms with Crippen molar-refractivity contribution in [3.63, 3.8) is 0 Å². The zero-order chi connectivity index (χ0) is 20.5. The predicted molar refractivity (Wildman–Crippen MR) is 125 cm³/mol. The van der Waals surface area contributed by atoms with E-state index in [1.54, 1.807) is 11.3 Å². The third kappa shape index (κ3) is 4.30. The quantitative estimate of drug-likeness (QED) is 0.371. The Morgan fingerprint density at radius 3 is 3.07 bits per heavy atom. The molecule has 156 valence electrons. The van der Waals surface area contributed by atoms with E-state index in [1.165, 1.54) is 39.3 Å². The number of nitrogens with zero attached hydrogens (tertiary/aromatic N) is 3. The van der Waals surface area contributed by atoms with Gasteiger partial charge in [-0.05, 0) is 31.9 Å². The molecular weight excluding hydrogens is 459 g/mol. The number of hydrogen-bond donors (Lipinski definition) is 2. The average Bonchev–Trinajstić information content (AvgIpc) is 3.51. The molecule has 5 heterocycles. The number of aryl methyl sites for hydroxylation is 1. The van der Waals surface area contributed by atoms with Crippen molar-refractivity contribution in [3.8, 4) is 10.4 Å². The Balaban J connectivity index is 1.26. The first-order chi connectivity index (χ1) is 14.7. The minimum atomic E-state index is -0.0888. The fourth-order valence-electron chi connectivity index (χ4n) is 3.30. The highest BCUT2D eigenvalue weighted by Gasteiger charge is 2.17. The second kappa shape index (κ2) is 8.75. The van der Waals surface area contributed by atoms with E-state index in [2.05, 4.69) is 44.5 Å². The molecule has 30 heavy (non-hydrogen) atoms. The van der Waals surface area contributed by atoms with Crippen LogP contribution in [0.5, 0.6) is 0 Å². The number of fused-ring (bicyclic) bond motifs is 1. The van der Waals surface area contributed by atoms with Gasteiger partial charge in [-0.15, -0.1) is 32.9 Å². The molecule has 4 aromatic rings. The van der Waals surface area contributed by atoms with Crippen molar-refractivity contribution >= 4 is 61.1 Å². The highest BCUT2D eigenvalue weighted by Crippen LogP contribution is 2.35. The Morgan fingerprint density at radius 2 is 2.27 bits per heavy atom. The summed E-state index contributed by atoms with van der Waals surface area (Å²) in [6.07, 6.45) is 2.48. The lowest BCUT2D eigenvalue weighted by atomic mass is 10.2. The van der Waals surface area contributed by atoms with Crippen molar-refractivity contribution in [1.82, 2.24) is 20.2 Å². The van der Waals surface area contributed by atoms with Crippen LogP contribution in [0.4, 0.5) is 5.13 Å². The van der Waals surface area contributed by atoms with Crippen molar-refractivity contribution in [2.24, 2.45) is 0 Å². The first-order valence-corrected chi connectivity index (χ1v) is 13.0. The molecule has 1 fully saturated rings. The summed E-state index contributed by atoms with van der Waals surface area (Å²) in [5, 5.41) is 15.2. The lowest BCUT2D eigenvalue weighted by Crippen LogP contribution is -2.18. The molecule has 0 aliphatic carbocycles. The Hall–Kier alpha value is -1.79. The normalized spacial score (nSPS) is 16.5. The Labute approximate surface area is 188 Å². The van der Waals surface area contributed by atoms with Crippen molar-refractivity contribution in [2.45, 2.75) is 36.0 Å². The van der Waals surface area contributed by atoms with Crippen molar-refractivity contribution in [1.29, 1.82) is 0 Å². The molecule has 1 atom stereocenters. The molecule has 4 aromatic heterocycles. The van der Waals surface area contributed by atoms with Gasteiger partial charge >= 0.3 is 0 Å². The van der Waals surface area contributed by atoms with Gasteiger partial charge in [0, 0.05) is 33.8 Å². The van der Waals surface area contributed by atoms with E-state index in [1.807, 2.05) is 5.38 Å². The summed E-state index contributed by atoms with van der Waals surface area (Å²) < 4.78 is 6.45. The molecule has 0 bridgehead atoms. The molecule has 0 spiro atoms. The molecule has 0 amide bonds. The maximum atomic E-state index is 12.7. The molecule has 0 unspecified atom stereocenters. The summed E-state index contributed by atoms with van der Waals surface area (Å²) in [6, 6.07) is 4.13. The standard InChI is InChI=1S/C19H19N5O2S4/c1-10-4-5-13(29-10)12-8-27-17-15(12)16(25)21-14(22-17)9-28-19-24-23-18(30-19)20-7-11-3-2-6-26-11/h4-5,8,11H,2-3,6-7,9H2,1H3,(H,20,23)(H,21,22,25)/t11-/m1/s1. The summed E-state index contributed by atoms with van der Waals surface area (Å²) in [4.78, 5) is 23.5. The van der Waals surface area contributed by atoms with Crippen LogP contribution in [0.15, 0.2) is 26.6 Å². The van der Waals surface area contributed by atoms with Crippen molar-refractivity contribution in [2.75, 3.05) is 18.5 Å².